The van der Waals surface area contributed by atoms with Crippen LogP contribution in [0.2, 0.25) is 5.02 Å². The highest BCUT2D eigenvalue weighted by atomic mass is 35.5. The lowest BCUT2D eigenvalue weighted by Crippen LogP contribution is -2.44. The summed E-state index contributed by atoms with van der Waals surface area (Å²) < 4.78 is 0. The molecule has 1 aromatic carbocycles. The normalized spacial score (nSPS) is 11.8. The number of nitrogens with zero attached hydrogens (tertiary/aromatic N) is 1. The molecule has 1 N–H and O–H groups in total. The van der Waals surface area contributed by atoms with Gasteiger partial charge in [-0.05, 0) is 19.1 Å². The predicted octanol–water partition coefficient (Wildman–Crippen LogP) is 1.55. The Labute approximate surface area is 106 Å². The van der Waals surface area contributed by atoms with Crippen molar-refractivity contribution in [2.45, 2.75) is 13.0 Å². The van der Waals surface area contributed by atoms with Gasteiger partial charge in [0.2, 0.25) is 5.91 Å². The van der Waals surface area contributed by atoms with Gasteiger partial charge in [-0.2, -0.15) is 0 Å². The minimum Gasteiger partial charge on any atom is -0.347 e. The first-order valence-corrected chi connectivity index (χ1v) is 5.58. The average Bonchev–Trinajstić information content (AvgIpc) is 2.28. The van der Waals surface area contributed by atoms with Crippen molar-refractivity contribution in [2.24, 2.45) is 0 Å². The van der Waals surface area contributed by atoms with Gasteiger partial charge in [0.25, 0.3) is 5.91 Å². The van der Waals surface area contributed by atoms with Gasteiger partial charge in [-0.25, -0.2) is 0 Å². The molecule has 17 heavy (non-hydrogen) atoms. The third-order valence-corrected chi connectivity index (χ3v) is 2.61. The van der Waals surface area contributed by atoms with E-state index < -0.39 is 6.04 Å². The number of hydrogen-bond donors (Lipinski definition) is 1. The number of halogens is 1. The summed E-state index contributed by atoms with van der Waals surface area (Å²) in [5.74, 6) is -0.510. The summed E-state index contributed by atoms with van der Waals surface area (Å²) in [6, 6.07) is 6.14. The number of likely N-dealkylation sites (N-methyl/N-ethyl adjacent to an activating group) is 1. The minimum absolute atomic E-state index is 0.162. The van der Waals surface area contributed by atoms with E-state index in [-0.39, 0.29) is 11.8 Å². The van der Waals surface area contributed by atoms with Crippen LogP contribution in [0.5, 0.6) is 0 Å². The van der Waals surface area contributed by atoms with Crippen LogP contribution in [0.15, 0.2) is 24.3 Å². The molecule has 0 aliphatic rings. The highest BCUT2D eigenvalue weighted by Crippen LogP contribution is 2.14. The fourth-order valence-electron chi connectivity index (χ4n) is 1.37. The second-order valence-corrected chi connectivity index (χ2v) is 4.31. The topological polar surface area (TPSA) is 49.4 Å². The number of amides is 2. The molecule has 5 heteroatoms. The molecular formula is C12H15ClN2O2. The van der Waals surface area contributed by atoms with Crippen LogP contribution in [0.25, 0.3) is 0 Å². The van der Waals surface area contributed by atoms with Crippen molar-refractivity contribution in [3.05, 3.63) is 34.9 Å². The van der Waals surface area contributed by atoms with E-state index in [1.807, 2.05) is 0 Å². The highest BCUT2D eigenvalue weighted by molar-refractivity contribution is 6.33. The Morgan fingerprint density at radius 3 is 2.41 bits per heavy atom. The van der Waals surface area contributed by atoms with Crippen molar-refractivity contribution in [1.82, 2.24) is 10.2 Å². The number of nitrogens with one attached hydrogen (secondary N) is 1. The van der Waals surface area contributed by atoms with E-state index in [9.17, 15) is 9.59 Å². The Morgan fingerprint density at radius 2 is 1.88 bits per heavy atom. The monoisotopic (exact) mass is 254 g/mol. The van der Waals surface area contributed by atoms with Gasteiger partial charge in [0.15, 0.2) is 0 Å². The summed E-state index contributed by atoms with van der Waals surface area (Å²) in [5, 5.41) is 2.97. The molecule has 0 aromatic heterocycles. The van der Waals surface area contributed by atoms with Crippen LogP contribution < -0.4 is 5.32 Å². The second kappa shape index (κ2) is 5.68. The number of rotatable bonds is 3. The lowest BCUT2D eigenvalue weighted by molar-refractivity contribution is -0.130. The van der Waals surface area contributed by atoms with Crippen molar-refractivity contribution in [2.75, 3.05) is 14.1 Å². The minimum atomic E-state index is -0.575. The first-order valence-electron chi connectivity index (χ1n) is 5.20. The molecular weight excluding hydrogens is 240 g/mol. The number of carbonyl (C=O) groups is 2. The molecule has 92 valence electrons. The number of benzene rings is 1. The Kier molecular flexibility index (Phi) is 4.52. The molecule has 0 fully saturated rings. The molecule has 0 bridgehead atoms. The van der Waals surface area contributed by atoms with Crippen LogP contribution in [0.1, 0.15) is 17.3 Å². The first kappa shape index (κ1) is 13.5. The van der Waals surface area contributed by atoms with Crippen LogP contribution >= 0.6 is 11.6 Å². The molecule has 1 unspecified atom stereocenters. The molecule has 1 atom stereocenters. The molecule has 0 aliphatic heterocycles. The lowest BCUT2D eigenvalue weighted by Gasteiger charge is -2.18. The molecule has 4 nitrogen and oxygen atoms in total. The van der Waals surface area contributed by atoms with Crippen molar-refractivity contribution in [3.63, 3.8) is 0 Å². The molecule has 0 saturated heterocycles. The fraction of sp³-hybridized carbons (Fsp3) is 0.333. The van der Waals surface area contributed by atoms with Crippen molar-refractivity contribution in [1.29, 1.82) is 0 Å². The molecule has 2 amide bonds. The van der Waals surface area contributed by atoms with Crippen LogP contribution in [0, 0.1) is 0 Å². The SMILES string of the molecule is CC(NC(=O)c1ccccc1Cl)C(=O)N(C)C. The molecule has 0 heterocycles. The smallest absolute Gasteiger partial charge is 0.253 e. The Bertz CT molecular complexity index is 432. The summed E-state index contributed by atoms with van der Waals surface area (Å²) in [5.41, 5.74) is 0.368. The van der Waals surface area contributed by atoms with E-state index in [0.29, 0.717) is 10.6 Å². The number of hydrogen-bond acceptors (Lipinski definition) is 2. The van der Waals surface area contributed by atoms with Crippen molar-refractivity contribution >= 4 is 23.4 Å². The number of carbonyl (C=O) groups excluding carboxylic acids is 2. The fourth-order valence-corrected chi connectivity index (χ4v) is 1.59. The molecule has 1 rings (SSSR count). The van der Waals surface area contributed by atoms with Gasteiger partial charge < -0.3 is 10.2 Å². The van der Waals surface area contributed by atoms with Gasteiger partial charge in [0.05, 0.1) is 10.6 Å². The van der Waals surface area contributed by atoms with Crippen LogP contribution in [0.4, 0.5) is 0 Å². The van der Waals surface area contributed by atoms with Crippen molar-refractivity contribution in [3.8, 4) is 0 Å². The first-order chi connectivity index (χ1) is 7.93. The summed E-state index contributed by atoms with van der Waals surface area (Å²) >= 11 is 5.89. The van der Waals surface area contributed by atoms with Crippen molar-refractivity contribution < 1.29 is 9.59 Å². The van der Waals surface area contributed by atoms with Crippen LogP contribution in [0.3, 0.4) is 0 Å². The van der Waals surface area contributed by atoms with Gasteiger partial charge in [0.1, 0.15) is 6.04 Å². The lowest BCUT2D eigenvalue weighted by atomic mass is 10.2. The standard InChI is InChI=1S/C12H15ClN2O2/c1-8(12(17)15(2)3)14-11(16)9-6-4-5-7-10(9)13/h4-8H,1-3H3,(H,14,16). The molecule has 1 aromatic rings. The maximum atomic E-state index is 11.8. The summed E-state index contributed by atoms with van der Waals surface area (Å²) in [4.78, 5) is 24.8. The van der Waals surface area contributed by atoms with E-state index in [1.165, 1.54) is 4.90 Å². The second-order valence-electron chi connectivity index (χ2n) is 3.91. The van der Waals surface area contributed by atoms with Crippen LogP contribution in [-0.2, 0) is 4.79 Å². The van der Waals surface area contributed by atoms with Gasteiger partial charge >= 0.3 is 0 Å². The molecule has 0 spiro atoms. The van der Waals surface area contributed by atoms with E-state index in [4.69, 9.17) is 11.6 Å². The average molecular weight is 255 g/mol. The van der Waals surface area contributed by atoms with Gasteiger partial charge in [-0.3, -0.25) is 9.59 Å². The Hall–Kier alpha value is -1.55. The summed E-state index contributed by atoms with van der Waals surface area (Å²) in [6.07, 6.45) is 0. The van der Waals surface area contributed by atoms with Gasteiger partial charge in [0, 0.05) is 14.1 Å². The molecule has 0 aliphatic carbocycles. The zero-order valence-corrected chi connectivity index (χ0v) is 10.8. The van der Waals surface area contributed by atoms with E-state index in [2.05, 4.69) is 5.32 Å². The van der Waals surface area contributed by atoms with E-state index in [1.54, 1.807) is 45.3 Å². The maximum absolute atomic E-state index is 11.8. The highest BCUT2D eigenvalue weighted by Gasteiger charge is 2.18. The third-order valence-electron chi connectivity index (χ3n) is 2.28. The van der Waals surface area contributed by atoms with Crippen LogP contribution in [-0.4, -0.2) is 36.9 Å². The van der Waals surface area contributed by atoms with E-state index >= 15 is 0 Å². The van der Waals surface area contributed by atoms with Gasteiger partial charge in [-0.1, -0.05) is 23.7 Å². The zero-order valence-electron chi connectivity index (χ0n) is 10.0. The molecule has 0 radical (unpaired) electrons. The zero-order chi connectivity index (χ0) is 13.0. The third kappa shape index (κ3) is 3.46. The van der Waals surface area contributed by atoms with Gasteiger partial charge in [-0.15, -0.1) is 0 Å². The Morgan fingerprint density at radius 1 is 1.29 bits per heavy atom. The summed E-state index contributed by atoms with van der Waals surface area (Å²) in [6.45, 7) is 1.64. The molecule has 0 saturated carbocycles. The predicted molar refractivity (Wildman–Crippen MR) is 67.1 cm³/mol. The quantitative estimate of drug-likeness (QED) is 0.890. The maximum Gasteiger partial charge on any atom is 0.253 e. The summed E-state index contributed by atoms with van der Waals surface area (Å²) in [7, 11) is 3.28. The largest absolute Gasteiger partial charge is 0.347 e. The van der Waals surface area contributed by atoms with E-state index in [0.717, 1.165) is 0 Å². The Balaban J connectivity index is 2.74.